The normalized spacial score (nSPS) is 19.2. The smallest absolute Gasteiger partial charge is 0.471 e. The Bertz CT molecular complexity index is 864. The van der Waals surface area contributed by atoms with E-state index in [1.807, 2.05) is 0 Å². The molecule has 3 atom stereocenters. The monoisotopic (exact) mass is 535 g/mol. The highest BCUT2D eigenvalue weighted by atomic mass is 19.4. The van der Waals surface area contributed by atoms with Gasteiger partial charge in [0.05, 0.1) is 12.1 Å². The molecule has 0 saturated carbocycles. The molecule has 0 bridgehead atoms. The van der Waals surface area contributed by atoms with Crippen molar-refractivity contribution in [3.63, 3.8) is 0 Å². The molecule has 0 fully saturated rings. The van der Waals surface area contributed by atoms with Crippen LogP contribution in [0.4, 0.5) is 13.2 Å². The Kier molecular flexibility index (Phi) is 12.9. The Morgan fingerprint density at radius 3 is 2.16 bits per heavy atom. The van der Waals surface area contributed by atoms with Crippen LogP contribution in [0, 0.1) is 5.41 Å². The van der Waals surface area contributed by atoms with Crippen LogP contribution >= 0.6 is 0 Å². The number of hydrogen-bond donors (Lipinski definition) is 4. The van der Waals surface area contributed by atoms with Gasteiger partial charge >= 0.3 is 18.1 Å². The Morgan fingerprint density at radius 2 is 1.65 bits per heavy atom. The van der Waals surface area contributed by atoms with E-state index in [1.54, 1.807) is 0 Å². The van der Waals surface area contributed by atoms with Gasteiger partial charge in [0, 0.05) is 20.5 Å². The lowest BCUT2D eigenvalue weighted by Gasteiger charge is -2.38. The van der Waals surface area contributed by atoms with Gasteiger partial charge in [-0.25, -0.2) is 9.59 Å². The van der Waals surface area contributed by atoms with Crippen molar-refractivity contribution < 1.29 is 41.8 Å². The second-order valence-electron chi connectivity index (χ2n) is 8.79. The fourth-order valence-corrected chi connectivity index (χ4v) is 3.74. The summed E-state index contributed by atoms with van der Waals surface area (Å²) < 4.78 is 46.8. The van der Waals surface area contributed by atoms with Crippen LogP contribution in [0.15, 0.2) is 11.8 Å². The maximum Gasteiger partial charge on any atom is 0.491 e. The van der Waals surface area contributed by atoms with Gasteiger partial charge in [0.15, 0.2) is 12.1 Å². The van der Waals surface area contributed by atoms with Crippen LogP contribution in [0.25, 0.3) is 0 Å². The van der Waals surface area contributed by atoms with E-state index in [-0.39, 0.29) is 0 Å². The van der Waals surface area contributed by atoms with E-state index in [0.29, 0.717) is 13.0 Å². The second kappa shape index (κ2) is 15.1. The highest BCUT2D eigenvalue weighted by Gasteiger charge is 2.46. The molecule has 0 aliphatic carbocycles. The van der Waals surface area contributed by atoms with E-state index >= 15 is 0 Å². The van der Waals surface area contributed by atoms with Crippen molar-refractivity contribution in [3.05, 3.63) is 11.8 Å². The van der Waals surface area contributed by atoms with Gasteiger partial charge in [-0.15, -0.1) is 0 Å². The first kappa shape index (κ1) is 31.7. The summed E-state index contributed by atoms with van der Waals surface area (Å²) >= 11 is 0. The first-order valence-corrected chi connectivity index (χ1v) is 12.1. The van der Waals surface area contributed by atoms with Crippen molar-refractivity contribution in [2.75, 3.05) is 13.6 Å². The summed E-state index contributed by atoms with van der Waals surface area (Å²) in [4.78, 5) is 49.7. The number of amides is 2. The maximum absolute atomic E-state index is 13.2. The lowest BCUT2D eigenvalue weighted by Crippen LogP contribution is -2.63. The quantitative estimate of drug-likeness (QED) is 0.0913. The Morgan fingerprint density at radius 1 is 1.08 bits per heavy atom. The van der Waals surface area contributed by atoms with Crippen LogP contribution < -0.4 is 16.4 Å². The average Bonchev–Trinajstić information content (AvgIpc) is 2.79. The van der Waals surface area contributed by atoms with Gasteiger partial charge in [-0.1, -0.05) is 51.9 Å². The van der Waals surface area contributed by atoms with Crippen molar-refractivity contribution in [3.8, 4) is 0 Å². The van der Waals surface area contributed by atoms with Crippen LogP contribution in [0.3, 0.4) is 0 Å². The first-order chi connectivity index (χ1) is 17.3. The molecule has 1 heterocycles. The number of hydrogen-bond acceptors (Lipinski definition) is 7. The van der Waals surface area contributed by atoms with Crippen molar-refractivity contribution in [2.45, 2.75) is 89.6 Å². The lowest BCUT2D eigenvalue weighted by molar-refractivity contribution is -0.202. The second-order valence-corrected chi connectivity index (χ2v) is 8.79. The number of nitrogens with one attached hydrogen (secondary N) is 3. The molecule has 0 aromatic heterocycles. The van der Waals surface area contributed by atoms with Crippen LogP contribution in [0.2, 0.25) is 0 Å². The molecule has 1 aliphatic rings. The number of carbonyl (C=O) groups is 4. The van der Waals surface area contributed by atoms with Crippen molar-refractivity contribution >= 4 is 29.7 Å². The minimum Gasteiger partial charge on any atom is -0.471 e. The van der Waals surface area contributed by atoms with Gasteiger partial charge in [-0.3, -0.25) is 15.0 Å². The van der Waals surface area contributed by atoms with Crippen LogP contribution in [-0.2, 0) is 28.7 Å². The number of ether oxygens (including phenoxy) is 2. The largest absolute Gasteiger partial charge is 0.491 e. The number of likely N-dealkylation sites (N-methyl/N-ethyl adjacent to an activating group) is 1. The summed E-state index contributed by atoms with van der Waals surface area (Å²) in [5.41, 5.74) is 5.36. The third-order valence-corrected chi connectivity index (χ3v) is 5.57. The summed E-state index contributed by atoms with van der Waals surface area (Å²) in [6.45, 7) is 3.62. The predicted octanol–water partition coefficient (Wildman–Crippen LogP) is 1.86. The number of carbonyl (C=O) groups excluding carboxylic acids is 4. The molecule has 0 saturated heterocycles. The van der Waals surface area contributed by atoms with E-state index in [2.05, 4.69) is 22.3 Å². The Hall–Kier alpha value is -3.32. The molecule has 14 heteroatoms. The summed E-state index contributed by atoms with van der Waals surface area (Å²) in [7, 11) is 1.48. The van der Waals surface area contributed by atoms with E-state index in [4.69, 9.17) is 15.9 Å². The van der Waals surface area contributed by atoms with E-state index in [1.165, 1.54) is 24.8 Å². The minimum absolute atomic E-state index is 0.321. The number of unbranched alkanes of at least 4 members (excludes halogenated alkanes) is 7. The van der Waals surface area contributed by atoms with E-state index in [9.17, 15) is 32.3 Å². The fourth-order valence-electron chi connectivity index (χ4n) is 3.74. The zero-order chi connectivity index (χ0) is 28.2. The molecule has 0 radical (unpaired) electrons. The van der Waals surface area contributed by atoms with Crippen molar-refractivity contribution in [1.82, 2.24) is 15.5 Å². The van der Waals surface area contributed by atoms with Crippen molar-refractivity contribution in [1.29, 1.82) is 5.41 Å². The average molecular weight is 536 g/mol. The van der Waals surface area contributed by atoms with Gasteiger partial charge in [0.2, 0.25) is 11.7 Å². The molecule has 0 spiro atoms. The Labute approximate surface area is 213 Å². The number of esters is 2. The van der Waals surface area contributed by atoms with Gasteiger partial charge in [0.1, 0.15) is 0 Å². The van der Waals surface area contributed by atoms with Crippen molar-refractivity contribution in [2.24, 2.45) is 5.73 Å². The van der Waals surface area contributed by atoms with Gasteiger partial charge < -0.3 is 30.7 Å². The maximum atomic E-state index is 13.2. The van der Waals surface area contributed by atoms with Gasteiger partial charge in [-0.05, 0) is 12.5 Å². The molecule has 0 aromatic carbocycles. The van der Waals surface area contributed by atoms with E-state index < -0.39 is 59.8 Å². The standard InChI is InChI=1S/C23H36F3N5O6/c1-4-5-6-7-8-9-10-11-12-31(3)19(33)18-17(29-14(2)32)15(30-22(27)28)13-16(36-18)20(34)37-21(35)23(24,25)26/h13,15,17-18H,4-12H2,1-3H3,(H,29,32)(H4,27,28,30)/t15-,17+,18+/m0/s1. The summed E-state index contributed by atoms with van der Waals surface area (Å²) in [6.07, 6.45) is 2.16. The van der Waals surface area contributed by atoms with Crippen LogP contribution in [0.1, 0.15) is 65.2 Å². The molecule has 11 nitrogen and oxygen atoms in total. The lowest BCUT2D eigenvalue weighted by atomic mass is 9.96. The number of guanidine groups is 1. The number of nitrogens with zero attached hydrogens (tertiary/aromatic N) is 1. The molecule has 0 unspecified atom stereocenters. The SMILES string of the molecule is CCCCCCCCCCN(C)C(=O)[C@@H]1OC(C(=O)OC(=O)C(F)(F)F)=C[C@H](NC(=N)N)[C@H]1NC(C)=O. The molecule has 37 heavy (non-hydrogen) atoms. The number of halogens is 3. The summed E-state index contributed by atoms with van der Waals surface area (Å²) in [5, 5.41) is 12.4. The number of nitrogens with two attached hydrogens (primary N) is 1. The summed E-state index contributed by atoms with van der Waals surface area (Å²) in [6, 6.07) is -2.41. The molecule has 2 amide bonds. The molecule has 5 N–H and O–H groups in total. The summed E-state index contributed by atoms with van der Waals surface area (Å²) in [5.74, 6) is -7.32. The molecular weight excluding hydrogens is 499 g/mol. The molecule has 210 valence electrons. The first-order valence-electron chi connectivity index (χ1n) is 12.1. The minimum atomic E-state index is -5.44. The van der Waals surface area contributed by atoms with E-state index in [0.717, 1.165) is 45.1 Å². The highest BCUT2D eigenvalue weighted by molar-refractivity contribution is 5.97. The predicted molar refractivity (Wildman–Crippen MR) is 127 cm³/mol. The topological polar surface area (TPSA) is 164 Å². The zero-order valence-corrected chi connectivity index (χ0v) is 21.3. The van der Waals surface area contributed by atoms with Crippen LogP contribution in [-0.4, -0.2) is 72.6 Å². The highest BCUT2D eigenvalue weighted by Crippen LogP contribution is 2.24. The number of alkyl halides is 3. The Balaban J connectivity index is 3.00. The zero-order valence-electron chi connectivity index (χ0n) is 21.3. The molecule has 1 aliphatic heterocycles. The third-order valence-electron chi connectivity index (χ3n) is 5.57. The van der Waals surface area contributed by atoms with Gasteiger partial charge in [0.25, 0.3) is 5.91 Å². The van der Waals surface area contributed by atoms with Gasteiger partial charge in [-0.2, -0.15) is 13.2 Å². The van der Waals surface area contributed by atoms with Crippen LogP contribution in [0.5, 0.6) is 0 Å². The number of rotatable bonds is 13. The third kappa shape index (κ3) is 11.1. The molecule has 1 rings (SSSR count). The molecule has 0 aromatic rings. The fraction of sp³-hybridized carbons (Fsp3) is 0.696. The molecular formula is C23H36F3N5O6.